The highest BCUT2D eigenvalue weighted by atomic mass is 35.5. The number of aromatic nitrogens is 1. The van der Waals surface area contributed by atoms with Gasteiger partial charge in [0.2, 0.25) is 0 Å². The van der Waals surface area contributed by atoms with Crippen LogP contribution < -0.4 is 0 Å². The molecule has 13 heavy (non-hydrogen) atoms. The third kappa shape index (κ3) is 1.93. The van der Waals surface area contributed by atoms with E-state index in [2.05, 4.69) is 23.0 Å². The molecule has 0 atom stereocenters. The monoisotopic (exact) mass is 214 g/mol. The molecule has 0 unspecified atom stereocenters. The average molecular weight is 215 g/mol. The van der Waals surface area contributed by atoms with Gasteiger partial charge in [-0.1, -0.05) is 17.7 Å². The molecule has 70 valence electrons. The van der Waals surface area contributed by atoms with E-state index in [1.807, 2.05) is 0 Å². The van der Waals surface area contributed by atoms with Crippen molar-refractivity contribution in [2.24, 2.45) is 0 Å². The van der Waals surface area contributed by atoms with Crippen LogP contribution in [0.25, 0.3) is 5.57 Å². The molecule has 0 amide bonds. The lowest BCUT2D eigenvalue weighted by Crippen LogP contribution is -2.25. The highest BCUT2D eigenvalue weighted by Crippen LogP contribution is 2.28. The van der Waals surface area contributed by atoms with Crippen LogP contribution >= 0.6 is 22.9 Å². The molecule has 0 radical (unpaired) electrons. The van der Waals surface area contributed by atoms with Gasteiger partial charge in [0.15, 0.2) is 0 Å². The fourth-order valence-electron chi connectivity index (χ4n) is 1.51. The molecule has 1 aliphatic heterocycles. The molecule has 0 bridgehead atoms. The Labute approximate surface area is 86.8 Å². The SMILES string of the molecule is CN1CCC=C(c2ncsc2Cl)C1. The summed E-state index contributed by atoms with van der Waals surface area (Å²) >= 11 is 7.51. The Morgan fingerprint density at radius 2 is 2.46 bits per heavy atom. The Bertz CT molecular complexity index is 332. The second-order valence-corrected chi connectivity index (χ2v) is 4.69. The zero-order chi connectivity index (χ0) is 9.26. The van der Waals surface area contributed by atoms with Crippen LogP contribution in [-0.2, 0) is 0 Å². The minimum Gasteiger partial charge on any atom is -0.302 e. The van der Waals surface area contributed by atoms with Crippen molar-refractivity contribution in [1.82, 2.24) is 9.88 Å². The number of thiazole rings is 1. The zero-order valence-electron chi connectivity index (χ0n) is 7.46. The maximum Gasteiger partial charge on any atom is 0.120 e. The van der Waals surface area contributed by atoms with Gasteiger partial charge in [0.1, 0.15) is 4.34 Å². The molecule has 0 spiro atoms. The third-order valence-electron chi connectivity index (χ3n) is 2.17. The summed E-state index contributed by atoms with van der Waals surface area (Å²) < 4.78 is 0.807. The zero-order valence-corrected chi connectivity index (χ0v) is 9.03. The Balaban J connectivity index is 2.26. The van der Waals surface area contributed by atoms with Crippen molar-refractivity contribution in [1.29, 1.82) is 0 Å². The van der Waals surface area contributed by atoms with Gasteiger partial charge < -0.3 is 4.90 Å². The molecule has 2 rings (SSSR count). The van der Waals surface area contributed by atoms with Gasteiger partial charge in [-0.2, -0.15) is 0 Å². The molecule has 0 aromatic carbocycles. The predicted octanol–water partition coefficient (Wildman–Crippen LogP) is 2.52. The molecule has 2 heterocycles. The van der Waals surface area contributed by atoms with E-state index < -0.39 is 0 Å². The molecule has 0 N–H and O–H groups in total. The van der Waals surface area contributed by atoms with Crippen molar-refractivity contribution >= 4 is 28.5 Å². The highest BCUT2D eigenvalue weighted by molar-refractivity contribution is 7.14. The van der Waals surface area contributed by atoms with Crippen molar-refractivity contribution in [3.63, 3.8) is 0 Å². The van der Waals surface area contributed by atoms with Crippen molar-refractivity contribution in [3.05, 3.63) is 21.6 Å². The fourth-order valence-corrected chi connectivity index (χ4v) is 2.34. The van der Waals surface area contributed by atoms with E-state index in [1.54, 1.807) is 5.51 Å². The molecule has 1 aromatic rings. The van der Waals surface area contributed by atoms with Gasteiger partial charge in [-0.3, -0.25) is 0 Å². The smallest absolute Gasteiger partial charge is 0.120 e. The van der Waals surface area contributed by atoms with Gasteiger partial charge in [0.25, 0.3) is 0 Å². The van der Waals surface area contributed by atoms with E-state index in [0.29, 0.717) is 0 Å². The van der Waals surface area contributed by atoms with E-state index in [1.165, 1.54) is 16.9 Å². The largest absolute Gasteiger partial charge is 0.302 e. The molecule has 0 aliphatic carbocycles. The fraction of sp³-hybridized carbons (Fsp3) is 0.444. The van der Waals surface area contributed by atoms with Crippen LogP contribution in [0.1, 0.15) is 12.1 Å². The van der Waals surface area contributed by atoms with Crippen LogP contribution in [0.4, 0.5) is 0 Å². The normalized spacial score (nSPS) is 18.8. The van der Waals surface area contributed by atoms with Gasteiger partial charge in [-0.05, 0) is 19.0 Å². The van der Waals surface area contributed by atoms with Crippen molar-refractivity contribution < 1.29 is 0 Å². The maximum absolute atomic E-state index is 6.02. The number of nitrogens with zero attached hydrogens (tertiary/aromatic N) is 2. The van der Waals surface area contributed by atoms with E-state index in [0.717, 1.165) is 29.5 Å². The number of rotatable bonds is 1. The first kappa shape index (κ1) is 9.19. The number of hydrogen-bond donors (Lipinski definition) is 0. The van der Waals surface area contributed by atoms with Crippen molar-refractivity contribution in [3.8, 4) is 0 Å². The molecule has 0 saturated carbocycles. The first-order valence-corrected chi connectivity index (χ1v) is 5.50. The molecular weight excluding hydrogens is 204 g/mol. The minimum absolute atomic E-state index is 0.807. The van der Waals surface area contributed by atoms with E-state index in [-0.39, 0.29) is 0 Å². The predicted molar refractivity (Wildman–Crippen MR) is 57.2 cm³/mol. The lowest BCUT2D eigenvalue weighted by atomic mass is 10.1. The van der Waals surface area contributed by atoms with Crippen LogP contribution in [0.3, 0.4) is 0 Å². The molecule has 2 nitrogen and oxygen atoms in total. The lowest BCUT2D eigenvalue weighted by Gasteiger charge is -2.21. The van der Waals surface area contributed by atoms with Crippen molar-refractivity contribution in [2.45, 2.75) is 6.42 Å². The molecule has 0 fully saturated rings. The van der Waals surface area contributed by atoms with Crippen LogP contribution in [0, 0.1) is 0 Å². The standard InChI is InChI=1S/C9H11ClN2S/c1-12-4-2-3-7(5-12)8-9(10)13-6-11-8/h3,6H,2,4-5H2,1H3. The van der Waals surface area contributed by atoms with E-state index in [4.69, 9.17) is 11.6 Å². The van der Waals surface area contributed by atoms with Crippen molar-refractivity contribution in [2.75, 3.05) is 20.1 Å². The van der Waals surface area contributed by atoms with Gasteiger partial charge in [0, 0.05) is 13.1 Å². The maximum atomic E-state index is 6.02. The summed E-state index contributed by atoms with van der Waals surface area (Å²) in [6, 6.07) is 0. The summed E-state index contributed by atoms with van der Waals surface area (Å²) in [5, 5.41) is 0. The summed E-state index contributed by atoms with van der Waals surface area (Å²) in [6.07, 6.45) is 3.33. The van der Waals surface area contributed by atoms with E-state index >= 15 is 0 Å². The number of likely N-dealkylation sites (N-methyl/N-ethyl adjacent to an activating group) is 1. The molecule has 4 heteroatoms. The second kappa shape index (κ2) is 3.78. The number of halogens is 1. The summed E-state index contributed by atoms with van der Waals surface area (Å²) in [5.41, 5.74) is 4.03. The Morgan fingerprint density at radius 3 is 3.08 bits per heavy atom. The van der Waals surface area contributed by atoms with Gasteiger partial charge >= 0.3 is 0 Å². The summed E-state index contributed by atoms with van der Waals surface area (Å²) in [5.74, 6) is 0. The topological polar surface area (TPSA) is 16.1 Å². The molecule has 0 saturated heterocycles. The Kier molecular flexibility index (Phi) is 2.67. The van der Waals surface area contributed by atoms with Crippen LogP contribution in [0.15, 0.2) is 11.6 Å². The summed E-state index contributed by atoms with van der Waals surface area (Å²) in [4.78, 5) is 6.55. The second-order valence-electron chi connectivity index (χ2n) is 3.23. The van der Waals surface area contributed by atoms with Crippen LogP contribution in [-0.4, -0.2) is 30.0 Å². The quantitative estimate of drug-likeness (QED) is 0.714. The first-order chi connectivity index (χ1) is 6.27. The first-order valence-electron chi connectivity index (χ1n) is 4.24. The molecular formula is C9H11ClN2S. The average Bonchev–Trinajstić information content (AvgIpc) is 2.51. The molecule has 1 aromatic heterocycles. The molecule has 1 aliphatic rings. The van der Waals surface area contributed by atoms with Crippen LogP contribution in [0.5, 0.6) is 0 Å². The van der Waals surface area contributed by atoms with Gasteiger partial charge in [-0.15, -0.1) is 11.3 Å². The van der Waals surface area contributed by atoms with Crippen LogP contribution in [0.2, 0.25) is 4.34 Å². The lowest BCUT2D eigenvalue weighted by molar-refractivity contribution is 0.372. The minimum atomic E-state index is 0.807. The van der Waals surface area contributed by atoms with Gasteiger partial charge in [0.05, 0.1) is 11.2 Å². The summed E-state index contributed by atoms with van der Waals surface area (Å²) in [6.45, 7) is 2.09. The Morgan fingerprint density at radius 1 is 1.62 bits per heavy atom. The summed E-state index contributed by atoms with van der Waals surface area (Å²) in [7, 11) is 2.12. The highest BCUT2D eigenvalue weighted by Gasteiger charge is 2.14. The number of hydrogen-bond acceptors (Lipinski definition) is 3. The Hall–Kier alpha value is -0.380. The van der Waals surface area contributed by atoms with E-state index in [9.17, 15) is 0 Å². The third-order valence-corrected chi connectivity index (χ3v) is 3.23. The van der Waals surface area contributed by atoms with Gasteiger partial charge in [-0.25, -0.2) is 4.98 Å².